The number of aromatic hydroxyl groups is 1. The quantitative estimate of drug-likeness (QED) is 0.723. The standard InChI is InChI=1S/C15H16N2O2/c1-9-3-5-12(16)13(7-9)17-15(19)11-4-6-14(18)10(2)8-11/h3-8,18H,16H2,1-2H3,(H,17,19). The number of nitrogen functional groups attached to an aromatic ring is 1. The minimum absolute atomic E-state index is 0.173. The van der Waals surface area contributed by atoms with Gasteiger partial charge in [0.2, 0.25) is 0 Å². The molecule has 0 spiro atoms. The molecule has 0 unspecified atom stereocenters. The van der Waals surface area contributed by atoms with E-state index in [2.05, 4.69) is 5.32 Å². The fraction of sp³-hybridized carbons (Fsp3) is 0.133. The third-order valence-corrected chi connectivity index (χ3v) is 2.92. The summed E-state index contributed by atoms with van der Waals surface area (Å²) in [6.07, 6.45) is 0. The number of carbonyl (C=O) groups excluding carboxylic acids is 1. The summed E-state index contributed by atoms with van der Waals surface area (Å²) in [5, 5.41) is 12.2. The van der Waals surface area contributed by atoms with Crippen molar-refractivity contribution in [3.8, 4) is 5.75 Å². The molecule has 4 nitrogen and oxygen atoms in total. The Bertz CT molecular complexity index is 636. The van der Waals surface area contributed by atoms with E-state index >= 15 is 0 Å². The lowest BCUT2D eigenvalue weighted by atomic mass is 10.1. The number of nitrogens with one attached hydrogen (secondary N) is 1. The van der Waals surface area contributed by atoms with Gasteiger partial charge in [-0.3, -0.25) is 4.79 Å². The van der Waals surface area contributed by atoms with Gasteiger partial charge in [0.15, 0.2) is 0 Å². The average Bonchev–Trinajstić information content (AvgIpc) is 2.37. The lowest BCUT2D eigenvalue weighted by Crippen LogP contribution is -2.13. The van der Waals surface area contributed by atoms with Crippen LogP contribution in [-0.2, 0) is 0 Å². The van der Waals surface area contributed by atoms with Crippen molar-refractivity contribution in [2.75, 3.05) is 11.1 Å². The van der Waals surface area contributed by atoms with E-state index in [9.17, 15) is 9.90 Å². The predicted molar refractivity (Wildman–Crippen MR) is 76.4 cm³/mol. The Hall–Kier alpha value is -2.49. The van der Waals surface area contributed by atoms with Gasteiger partial charge in [-0.15, -0.1) is 0 Å². The maximum atomic E-state index is 12.1. The van der Waals surface area contributed by atoms with Crippen molar-refractivity contribution in [2.45, 2.75) is 13.8 Å². The number of hydrogen-bond acceptors (Lipinski definition) is 3. The number of phenols is 1. The fourth-order valence-corrected chi connectivity index (χ4v) is 1.77. The number of nitrogens with two attached hydrogens (primary N) is 1. The first-order valence-electron chi connectivity index (χ1n) is 5.94. The van der Waals surface area contributed by atoms with Gasteiger partial charge < -0.3 is 16.2 Å². The van der Waals surface area contributed by atoms with Crippen molar-refractivity contribution in [3.05, 3.63) is 53.1 Å². The van der Waals surface area contributed by atoms with Crippen molar-refractivity contribution < 1.29 is 9.90 Å². The number of hydrogen-bond donors (Lipinski definition) is 3. The van der Waals surface area contributed by atoms with E-state index in [0.717, 1.165) is 5.56 Å². The van der Waals surface area contributed by atoms with Crippen LogP contribution in [0, 0.1) is 13.8 Å². The summed E-state index contributed by atoms with van der Waals surface area (Å²) in [7, 11) is 0. The van der Waals surface area contributed by atoms with Gasteiger partial charge in [-0.25, -0.2) is 0 Å². The Morgan fingerprint density at radius 2 is 1.89 bits per heavy atom. The highest BCUT2D eigenvalue weighted by molar-refractivity contribution is 6.06. The molecule has 2 aromatic carbocycles. The third-order valence-electron chi connectivity index (χ3n) is 2.92. The van der Waals surface area contributed by atoms with Crippen LogP contribution in [0.5, 0.6) is 5.75 Å². The van der Waals surface area contributed by atoms with E-state index in [1.807, 2.05) is 19.1 Å². The molecule has 2 rings (SSSR count). The van der Waals surface area contributed by atoms with Gasteiger partial charge in [0.25, 0.3) is 5.91 Å². The predicted octanol–water partition coefficient (Wildman–Crippen LogP) is 2.84. The number of benzene rings is 2. The largest absolute Gasteiger partial charge is 0.508 e. The van der Waals surface area contributed by atoms with Crippen LogP contribution >= 0.6 is 0 Å². The van der Waals surface area contributed by atoms with E-state index in [4.69, 9.17) is 5.73 Å². The van der Waals surface area contributed by atoms with Gasteiger partial charge in [-0.1, -0.05) is 6.07 Å². The number of anilines is 2. The van der Waals surface area contributed by atoms with Crippen LogP contribution in [0.15, 0.2) is 36.4 Å². The van der Waals surface area contributed by atoms with Crippen LogP contribution < -0.4 is 11.1 Å². The highest BCUT2D eigenvalue weighted by atomic mass is 16.3. The Morgan fingerprint density at radius 3 is 2.58 bits per heavy atom. The zero-order valence-corrected chi connectivity index (χ0v) is 10.9. The van der Waals surface area contributed by atoms with Crippen LogP contribution in [0.25, 0.3) is 0 Å². The number of amides is 1. The third kappa shape index (κ3) is 2.85. The molecule has 0 saturated carbocycles. The highest BCUT2D eigenvalue weighted by Crippen LogP contribution is 2.22. The maximum Gasteiger partial charge on any atom is 0.255 e. The van der Waals surface area contributed by atoms with Gasteiger partial charge in [-0.2, -0.15) is 0 Å². The van der Waals surface area contributed by atoms with Gasteiger partial charge in [0.1, 0.15) is 5.75 Å². The average molecular weight is 256 g/mol. The van der Waals surface area contributed by atoms with E-state index in [1.54, 1.807) is 25.1 Å². The van der Waals surface area contributed by atoms with Crippen LogP contribution in [0.3, 0.4) is 0 Å². The normalized spacial score (nSPS) is 10.2. The zero-order valence-electron chi connectivity index (χ0n) is 10.9. The van der Waals surface area contributed by atoms with E-state index < -0.39 is 0 Å². The van der Waals surface area contributed by atoms with E-state index in [0.29, 0.717) is 22.5 Å². The zero-order chi connectivity index (χ0) is 14.0. The monoisotopic (exact) mass is 256 g/mol. The SMILES string of the molecule is Cc1ccc(N)c(NC(=O)c2ccc(O)c(C)c2)c1. The molecule has 4 N–H and O–H groups in total. The van der Waals surface area contributed by atoms with Crippen LogP contribution in [0.2, 0.25) is 0 Å². The first-order chi connectivity index (χ1) is 8.97. The highest BCUT2D eigenvalue weighted by Gasteiger charge is 2.09. The molecule has 0 radical (unpaired) electrons. The lowest BCUT2D eigenvalue weighted by Gasteiger charge is -2.10. The number of aryl methyl sites for hydroxylation is 2. The first-order valence-corrected chi connectivity index (χ1v) is 5.94. The Balaban J connectivity index is 2.25. The molecular formula is C15H16N2O2. The molecule has 0 fully saturated rings. The summed E-state index contributed by atoms with van der Waals surface area (Å²) >= 11 is 0. The molecule has 0 saturated heterocycles. The molecule has 2 aromatic rings. The molecule has 0 aromatic heterocycles. The second-order valence-electron chi connectivity index (χ2n) is 4.55. The summed E-state index contributed by atoms with van der Waals surface area (Å²) in [5.74, 6) is -0.0768. The van der Waals surface area contributed by atoms with Crippen molar-refractivity contribution in [1.29, 1.82) is 0 Å². The molecule has 19 heavy (non-hydrogen) atoms. The number of phenolic OH excluding ortho intramolecular Hbond substituents is 1. The van der Waals surface area contributed by atoms with E-state index in [1.165, 1.54) is 6.07 Å². The molecule has 0 bridgehead atoms. The van der Waals surface area contributed by atoms with Crippen LogP contribution in [0.4, 0.5) is 11.4 Å². The summed E-state index contributed by atoms with van der Waals surface area (Å²) in [6, 6.07) is 10.2. The topological polar surface area (TPSA) is 75.3 Å². The lowest BCUT2D eigenvalue weighted by molar-refractivity contribution is 0.102. The summed E-state index contributed by atoms with van der Waals surface area (Å²) in [5.41, 5.74) is 9.09. The maximum absolute atomic E-state index is 12.1. The van der Waals surface area contributed by atoms with Gasteiger partial charge in [-0.05, 0) is 55.3 Å². The van der Waals surface area contributed by atoms with Gasteiger partial charge in [0, 0.05) is 5.56 Å². The fourth-order valence-electron chi connectivity index (χ4n) is 1.77. The summed E-state index contributed by atoms with van der Waals surface area (Å²) < 4.78 is 0. The van der Waals surface area contributed by atoms with Crippen LogP contribution in [-0.4, -0.2) is 11.0 Å². The van der Waals surface area contributed by atoms with E-state index in [-0.39, 0.29) is 11.7 Å². The minimum Gasteiger partial charge on any atom is -0.508 e. The second kappa shape index (κ2) is 5.02. The molecule has 98 valence electrons. The summed E-state index contributed by atoms with van der Waals surface area (Å²) in [4.78, 5) is 12.1. The molecule has 0 atom stereocenters. The smallest absolute Gasteiger partial charge is 0.255 e. The first kappa shape index (κ1) is 13.0. The second-order valence-corrected chi connectivity index (χ2v) is 4.55. The molecule has 0 aliphatic heterocycles. The molecule has 0 aliphatic rings. The molecule has 0 aliphatic carbocycles. The van der Waals surface area contributed by atoms with Crippen molar-refractivity contribution in [3.63, 3.8) is 0 Å². The molecule has 1 amide bonds. The van der Waals surface area contributed by atoms with Crippen molar-refractivity contribution in [1.82, 2.24) is 0 Å². The number of carbonyl (C=O) groups is 1. The van der Waals surface area contributed by atoms with Crippen molar-refractivity contribution in [2.24, 2.45) is 0 Å². The van der Waals surface area contributed by atoms with Gasteiger partial charge in [0.05, 0.1) is 11.4 Å². The Labute approximate surface area is 111 Å². The number of rotatable bonds is 2. The molecule has 0 heterocycles. The Kier molecular flexibility index (Phi) is 3.42. The molecular weight excluding hydrogens is 240 g/mol. The van der Waals surface area contributed by atoms with Crippen LogP contribution in [0.1, 0.15) is 21.5 Å². The van der Waals surface area contributed by atoms with Crippen molar-refractivity contribution >= 4 is 17.3 Å². The van der Waals surface area contributed by atoms with Gasteiger partial charge >= 0.3 is 0 Å². The summed E-state index contributed by atoms with van der Waals surface area (Å²) in [6.45, 7) is 3.67. The molecule has 4 heteroatoms. The Morgan fingerprint density at radius 1 is 1.16 bits per heavy atom. The minimum atomic E-state index is -0.250.